The topological polar surface area (TPSA) is 64.7 Å². The number of nitrogens with two attached hydrogens (primary N) is 1. The lowest BCUT2D eigenvalue weighted by Crippen LogP contribution is -2.56. The molecule has 0 spiro atoms. The smallest absolute Gasteiger partial charge is 0.164 e. The molecule has 2 N–H and O–H groups in total. The van der Waals surface area contributed by atoms with E-state index in [0.717, 1.165) is 32.8 Å². The summed E-state index contributed by atoms with van der Waals surface area (Å²) in [7, 11) is -2.06. The summed E-state index contributed by atoms with van der Waals surface area (Å²) in [4.78, 5) is 13.8. The maximum atomic E-state index is 6.36. The predicted molar refractivity (Wildman–Crippen MR) is 143 cm³/mol. The molecule has 168 valence electrons. The van der Waals surface area contributed by atoms with E-state index in [1.54, 1.807) is 12.4 Å². The SMILES string of the molecule is C#Cc1c([Si](C(C)C)(C(C)C)C(C)C)cc2ccccc2c1-c1nc(N)c2cnccc2n1. The zero-order chi connectivity index (χ0) is 23.9. The van der Waals surface area contributed by atoms with Gasteiger partial charge in [-0.25, -0.2) is 9.97 Å². The van der Waals surface area contributed by atoms with Crippen LogP contribution in [0.2, 0.25) is 16.6 Å². The average Bonchev–Trinajstić information content (AvgIpc) is 2.77. The highest BCUT2D eigenvalue weighted by Gasteiger charge is 2.46. The number of anilines is 1. The first kappa shape index (κ1) is 22.9. The zero-order valence-corrected chi connectivity index (χ0v) is 21.3. The van der Waals surface area contributed by atoms with Crippen LogP contribution in [0.3, 0.4) is 0 Å². The maximum Gasteiger partial charge on any atom is 0.164 e. The van der Waals surface area contributed by atoms with Gasteiger partial charge >= 0.3 is 0 Å². The fourth-order valence-corrected chi connectivity index (χ4v) is 13.0. The molecule has 0 atom stereocenters. The summed E-state index contributed by atoms with van der Waals surface area (Å²) in [6.45, 7) is 14.2. The van der Waals surface area contributed by atoms with Gasteiger partial charge in [0.2, 0.25) is 0 Å². The maximum absolute atomic E-state index is 6.36. The number of rotatable bonds is 5. The molecular weight excluding hydrogens is 420 g/mol. The summed E-state index contributed by atoms with van der Waals surface area (Å²) in [5.74, 6) is 4.09. The Bertz CT molecular complexity index is 1360. The van der Waals surface area contributed by atoms with Crippen molar-refractivity contribution >= 4 is 40.8 Å². The minimum atomic E-state index is -2.06. The van der Waals surface area contributed by atoms with Gasteiger partial charge in [-0.2, -0.15) is 0 Å². The number of terminal acetylenes is 1. The first-order valence-corrected chi connectivity index (χ1v) is 13.9. The first-order chi connectivity index (χ1) is 15.7. The van der Waals surface area contributed by atoms with E-state index in [2.05, 4.69) is 76.7 Å². The van der Waals surface area contributed by atoms with Crippen molar-refractivity contribution in [2.24, 2.45) is 0 Å². The Balaban J connectivity index is 2.20. The van der Waals surface area contributed by atoms with E-state index in [1.165, 1.54) is 5.19 Å². The lowest BCUT2D eigenvalue weighted by atomic mass is 9.98. The molecule has 33 heavy (non-hydrogen) atoms. The molecule has 0 aliphatic carbocycles. The van der Waals surface area contributed by atoms with Gasteiger partial charge in [0.15, 0.2) is 5.82 Å². The quantitative estimate of drug-likeness (QED) is 0.285. The Morgan fingerprint density at radius 2 is 1.58 bits per heavy atom. The Morgan fingerprint density at radius 1 is 0.909 bits per heavy atom. The molecule has 5 heteroatoms. The molecule has 0 radical (unpaired) electrons. The van der Waals surface area contributed by atoms with Crippen molar-refractivity contribution in [3.05, 3.63) is 54.4 Å². The van der Waals surface area contributed by atoms with Crippen molar-refractivity contribution in [3.63, 3.8) is 0 Å². The lowest BCUT2D eigenvalue weighted by molar-refractivity contribution is 0.835. The summed E-state index contributed by atoms with van der Waals surface area (Å²) >= 11 is 0. The van der Waals surface area contributed by atoms with Gasteiger partial charge in [-0.05, 0) is 38.6 Å². The summed E-state index contributed by atoms with van der Waals surface area (Å²) in [5, 5.41) is 4.30. The van der Waals surface area contributed by atoms with Crippen LogP contribution in [-0.4, -0.2) is 23.0 Å². The number of hydrogen-bond acceptors (Lipinski definition) is 4. The molecule has 0 saturated heterocycles. The highest BCUT2D eigenvalue weighted by atomic mass is 28.3. The van der Waals surface area contributed by atoms with Gasteiger partial charge in [-0.3, -0.25) is 4.98 Å². The van der Waals surface area contributed by atoms with Crippen molar-refractivity contribution < 1.29 is 0 Å². The second kappa shape index (κ2) is 8.61. The van der Waals surface area contributed by atoms with Crippen LogP contribution in [0.5, 0.6) is 0 Å². The average molecular weight is 453 g/mol. The molecule has 0 amide bonds. The number of benzene rings is 2. The molecule has 2 aromatic carbocycles. The van der Waals surface area contributed by atoms with E-state index in [0.29, 0.717) is 28.3 Å². The molecule has 0 unspecified atom stereocenters. The fraction of sp³-hybridized carbons (Fsp3) is 0.321. The Hall–Kier alpha value is -3.23. The normalized spacial score (nSPS) is 12.2. The number of nitrogens with zero attached hydrogens (tertiary/aromatic N) is 3. The number of fused-ring (bicyclic) bond motifs is 2. The van der Waals surface area contributed by atoms with E-state index in [-0.39, 0.29) is 0 Å². The molecule has 0 saturated carbocycles. The van der Waals surface area contributed by atoms with Crippen LogP contribution in [-0.2, 0) is 0 Å². The third-order valence-corrected chi connectivity index (χ3v) is 14.3. The fourth-order valence-electron chi connectivity index (χ4n) is 6.11. The van der Waals surface area contributed by atoms with E-state index < -0.39 is 8.07 Å². The van der Waals surface area contributed by atoms with Gasteiger partial charge in [0.1, 0.15) is 5.82 Å². The Morgan fingerprint density at radius 3 is 2.21 bits per heavy atom. The van der Waals surface area contributed by atoms with Crippen molar-refractivity contribution in [2.75, 3.05) is 5.73 Å². The van der Waals surface area contributed by atoms with Crippen LogP contribution in [0.4, 0.5) is 5.82 Å². The molecule has 2 aromatic heterocycles. The molecule has 4 rings (SSSR count). The van der Waals surface area contributed by atoms with E-state index in [9.17, 15) is 0 Å². The predicted octanol–water partition coefficient (Wildman–Crippen LogP) is 6.29. The van der Waals surface area contributed by atoms with Gasteiger partial charge < -0.3 is 5.73 Å². The molecule has 2 heterocycles. The van der Waals surface area contributed by atoms with Gasteiger partial charge in [0, 0.05) is 23.5 Å². The molecule has 0 fully saturated rings. The van der Waals surface area contributed by atoms with Gasteiger partial charge in [-0.1, -0.05) is 77.8 Å². The lowest BCUT2D eigenvalue weighted by Gasteiger charge is -2.44. The molecule has 0 aliphatic rings. The number of aromatic nitrogens is 3. The van der Waals surface area contributed by atoms with Crippen LogP contribution in [0.1, 0.15) is 47.1 Å². The highest BCUT2D eigenvalue weighted by Crippen LogP contribution is 2.43. The largest absolute Gasteiger partial charge is 0.383 e. The molecule has 4 nitrogen and oxygen atoms in total. The highest BCUT2D eigenvalue weighted by molar-refractivity contribution is 6.95. The number of nitrogen functional groups attached to an aromatic ring is 1. The molecule has 0 aliphatic heterocycles. The van der Waals surface area contributed by atoms with Crippen molar-refractivity contribution in [1.82, 2.24) is 15.0 Å². The van der Waals surface area contributed by atoms with Crippen LogP contribution >= 0.6 is 0 Å². The monoisotopic (exact) mass is 452 g/mol. The van der Waals surface area contributed by atoms with Crippen LogP contribution in [0, 0.1) is 12.3 Å². The standard InChI is InChI=1S/C28H32N4Si/c1-8-21-25(33(17(2)3,18(4)5)19(6)7)15-20-11-9-10-12-22(20)26(21)28-31-24-13-14-30-16-23(24)27(29)32-28/h1,9-19H,2-7H3,(H2,29,31,32). The van der Waals surface area contributed by atoms with E-state index >= 15 is 0 Å². The Labute approximate surface area is 197 Å². The molecular formula is C28H32N4Si. The van der Waals surface area contributed by atoms with Crippen molar-refractivity contribution in [3.8, 4) is 23.7 Å². The zero-order valence-electron chi connectivity index (χ0n) is 20.3. The van der Waals surface area contributed by atoms with Crippen molar-refractivity contribution in [2.45, 2.75) is 58.2 Å². The summed E-state index contributed by atoms with van der Waals surface area (Å²) in [6.07, 6.45) is 9.74. The number of hydrogen-bond donors (Lipinski definition) is 1. The van der Waals surface area contributed by atoms with Crippen LogP contribution in [0.15, 0.2) is 48.8 Å². The summed E-state index contributed by atoms with van der Waals surface area (Å²) in [6, 6.07) is 12.6. The van der Waals surface area contributed by atoms with E-state index in [4.69, 9.17) is 22.1 Å². The Kier molecular flexibility index (Phi) is 5.98. The minimum Gasteiger partial charge on any atom is -0.383 e. The first-order valence-electron chi connectivity index (χ1n) is 11.6. The second-order valence-electron chi connectivity index (χ2n) is 9.76. The van der Waals surface area contributed by atoms with Crippen LogP contribution < -0.4 is 10.9 Å². The number of pyridine rings is 1. The van der Waals surface area contributed by atoms with Crippen LogP contribution in [0.25, 0.3) is 33.1 Å². The van der Waals surface area contributed by atoms with Crippen molar-refractivity contribution in [1.29, 1.82) is 0 Å². The molecule has 0 bridgehead atoms. The van der Waals surface area contributed by atoms with Gasteiger partial charge in [0.25, 0.3) is 0 Å². The third kappa shape index (κ3) is 3.50. The second-order valence-corrected chi connectivity index (χ2v) is 15.6. The minimum absolute atomic E-state index is 0.417. The third-order valence-electron chi connectivity index (χ3n) is 7.28. The van der Waals surface area contributed by atoms with Gasteiger partial charge in [-0.15, -0.1) is 6.42 Å². The van der Waals surface area contributed by atoms with Gasteiger partial charge in [0.05, 0.1) is 19.0 Å². The molecule has 4 aromatic rings. The van der Waals surface area contributed by atoms with E-state index in [1.807, 2.05) is 12.1 Å². The summed E-state index contributed by atoms with van der Waals surface area (Å²) in [5.41, 5.74) is 10.5. The summed E-state index contributed by atoms with van der Waals surface area (Å²) < 4.78 is 0.